The Hall–Kier alpha value is -1.22. The van der Waals surface area contributed by atoms with Crippen LogP contribution in [0.1, 0.15) is 44.1 Å². The molecule has 0 radical (unpaired) electrons. The van der Waals surface area contributed by atoms with Gasteiger partial charge in [0.25, 0.3) is 0 Å². The van der Waals surface area contributed by atoms with Crippen molar-refractivity contribution in [3.8, 4) is 11.5 Å². The van der Waals surface area contributed by atoms with Gasteiger partial charge >= 0.3 is 0 Å². The molecule has 1 saturated carbocycles. The van der Waals surface area contributed by atoms with Crippen LogP contribution in [-0.2, 0) is 0 Å². The van der Waals surface area contributed by atoms with Crippen LogP contribution >= 0.6 is 0 Å². The first-order valence-electron chi connectivity index (χ1n) is 7.98. The highest BCUT2D eigenvalue weighted by Gasteiger charge is 2.27. The van der Waals surface area contributed by atoms with E-state index in [1.807, 2.05) is 0 Å². The summed E-state index contributed by atoms with van der Waals surface area (Å²) in [7, 11) is 0. The fraction of sp³-hybridized carbons (Fsp3) is 0.647. The fourth-order valence-corrected chi connectivity index (χ4v) is 3.51. The van der Waals surface area contributed by atoms with Crippen LogP contribution in [0.4, 0.5) is 0 Å². The molecule has 1 fully saturated rings. The highest BCUT2D eigenvalue weighted by Crippen LogP contribution is 2.41. The predicted molar refractivity (Wildman–Crippen MR) is 80.7 cm³/mol. The monoisotopic (exact) mass is 275 g/mol. The van der Waals surface area contributed by atoms with Crippen molar-refractivity contribution in [3.05, 3.63) is 23.8 Å². The van der Waals surface area contributed by atoms with E-state index in [2.05, 4.69) is 30.4 Å². The molecular weight excluding hydrogens is 250 g/mol. The topological polar surface area (TPSA) is 30.5 Å². The lowest BCUT2D eigenvalue weighted by atomic mass is 9.75. The zero-order chi connectivity index (χ0) is 13.8. The van der Waals surface area contributed by atoms with Gasteiger partial charge in [-0.1, -0.05) is 25.8 Å². The molecule has 1 N–H and O–H groups in total. The minimum Gasteiger partial charge on any atom is -0.486 e. The normalized spacial score (nSPS) is 25.4. The fourth-order valence-electron chi connectivity index (χ4n) is 3.51. The first-order chi connectivity index (χ1) is 9.88. The van der Waals surface area contributed by atoms with Crippen LogP contribution in [0.15, 0.2) is 18.2 Å². The molecule has 1 aliphatic heterocycles. The van der Waals surface area contributed by atoms with Gasteiger partial charge in [0, 0.05) is 0 Å². The maximum absolute atomic E-state index is 5.73. The van der Waals surface area contributed by atoms with Crippen LogP contribution in [0.3, 0.4) is 0 Å². The number of hydrogen-bond acceptors (Lipinski definition) is 3. The lowest BCUT2D eigenvalue weighted by Gasteiger charge is -2.32. The zero-order valence-corrected chi connectivity index (χ0v) is 12.4. The van der Waals surface area contributed by atoms with E-state index in [0.717, 1.165) is 30.5 Å². The van der Waals surface area contributed by atoms with Gasteiger partial charge in [0.15, 0.2) is 11.5 Å². The molecule has 1 aliphatic carbocycles. The third kappa shape index (κ3) is 2.93. The van der Waals surface area contributed by atoms with Gasteiger partial charge in [-0.15, -0.1) is 0 Å². The number of hydrogen-bond donors (Lipinski definition) is 1. The smallest absolute Gasteiger partial charge is 0.161 e. The van der Waals surface area contributed by atoms with E-state index in [1.165, 1.54) is 31.2 Å². The SMILES string of the molecule is CCNCC1CCCCC1c1ccc2c(c1)OCCO2. The molecule has 3 heteroatoms. The first-order valence-corrected chi connectivity index (χ1v) is 7.98. The molecule has 1 aromatic rings. The van der Waals surface area contributed by atoms with Crippen LogP contribution < -0.4 is 14.8 Å². The Balaban J connectivity index is 1.78. The summed E-state index contributed by atoms with van der Waals surface area (Å²) in [5, 5.41) is 3.52. The molecule has 0 saturated heterocycles. The average Bonchev–Trinajstić information content (AvgIpc) is 2.53. The van der Waals surface area contributed by atoms with Gasteiger partial charge in [-0.3, -0.25) is 0 Å². The second kappa shape index (κ2) is 6.49. The molecular formula is C17H25NO2. The van der Waals surface area contributed by atoms with Crippen molar-refractivity contribution in [2.45, 2.75) is 38.5 Å². The average molecular weight is 275 g/mol. The Morgan fingerprint density at radius 1 is 1.10 bits per heavy atom. The molecule has 1 aromatic carbocycles. The third-order valence-corrected chi connectivity index (χ3v) is 4.56. The molecule has 2 aliphatic rings. The molecule has 1 heterocycles. The van der Waals surface area contributed by atoms with E-state index >= 15 is 0 Å². The van der Waals surface area contributed by atoms with Crippen LogP contribution in [0, 0.1) is 5.92 Å². The van der Waals surface area contributed by atoms with Crippen molar-refractivity contribution >= 4 is 0 Å². The van der Waals surface area contributed by atoms with Crippen LogP contribution in [0.5, 0.6) is 11.5 Å². The van der Waals surface area contributed by atoms with Crippen molar-refractivity contribution in [1.29, 1.82) is 0 Å². The number of rotatable bonds is 4. The summed E-state index contributed by atoms with van der Waals surface area (Å²) >= 11 is 0. The van der Waals surface area contributed by atoms with Crippen molar-refractivity contribution in [1.82, 2.24) is 5.32 Å². The second-order valence-corrected chi connectivity index (χ2v) is 5.86. The van der Waals surface area contributed by atoms with E-state index < -0.39 is 0 Å². The quantitative estimate of drug-likeness (QED) is 0.914. The Labute approximate surface area is 121 Å². The summed E-state index contributed by atoms with van der Waals surface area (Å²) < 4.78 is 11.4. The van der Waals surface area contributed by atoms with Gasteiger partial charge in [0.2, 0.25) is 0 Å². The Morgan fingerprint density at radius 3 is 2.75 bits per heavy atom. The molecule has 20 heavy (non-hydrogen) atoms. The highest BCUT2D eigenvalue weighted by atomic mass is 16.6. The van der Waals surface area contributed by atoms with Gasteiger partial charge in [0.1, 0.15) is 13.2 Å². The highest BCUT2D eigenvalue weighted by molar-refractivity contribution is 5.45. The maximum Gasteiger partial charge on any atom is 0.161 e. The predicted octanol–water partition coefficient (Wildman–Crippen LogP) is 3.34. The molecule has 3 nitrogen and oxygen atoms in total. The van der Waals surface area contributed by atoms with E-state index in [0.29, 0.717) is 19.1 Å². The zero-order valence-electron chi connectivity index (χ0n) is 12.4. The largest absolute Gasteiger partial charge is 0.486 e. The summed E-state index contributed by atoms with van der Waals surface area (Å²) in [5.41, 5.74) is 1.43. The van der Waals surface area contributed by atoms with Crippen LogP contribution in [0.2, 0.25) is 0 Å². The molecule has 110 valence electrons. The molecule has 2 unspecified atom stereocenters. The van der Waals surface area contributed by atoms with Crippen molar-refractivity contribution in [2.75, 3.05) is 26.3 Å². The molecule has 0 spiro atoms. The molecule has 0 bridgehead atoms. The standard InChI is InChI=1S/C17H25NO2/c1-2-18-12-14-5-3-4-6-15(14)13-7-8-16-17(11-13)20-10-9-19-16/h7-8,11,14-15,18H,2-6,9-10,12H2,1H3. The van der Waals surface area contributed by atoms with Gasteiger partial charge in [-0.2, -0.15) is 0 Å². The van der Waals surface area contributed by atoms with Crippen LogP contribution in [-0.4, -0.2) is 26.3 Å². The lowest BCUT2D eigenvalue weighted by molar-refractivity contribution is 0.171. The minimum absolute atomic E-state index is 0.665. The number of benzene rings is 1. The lowest BCUT2D eigenvalue weighted by Crippen LogP contribution is -2.29. The number of nitrogens with one attached hydrogen (secondary N) is 1. The van der Waals surface area contributed by atoms with E-state index in [9.17, 15) is 0 Å². The number of ether oxygens (including phenoxy) is 2. The summed E-state index contributed by atoms with van der Waals surface area (Å²) in [4.78, 5) is 0. The molecule has 0 amide bonds. The summed E-state index contributed by atoms with van der Waals surface area (Å²) in [6.45, 7) is 5.71. The van der Waals surface area contributed by atoms with Gasteiger partial charge < -0.3 is 14.8 Å². The van der Waals surface area contributed by atoms with E-state index in [1.54, 1.807) is 0 Å². The Kier molecular flexibility index (Phi) is 4.46. The molecule has 2 atom stereocenters. The van der Waals surface area contributed by atoms with Crippen LogP contribution in [0.25, 0.3) is 0 Å². The maximum atomic E-state index is 5.73. The molecule has 0 aromatic heterocycles. The third-order valence-electron chi connectivity index (χ3n) is 4.56. The van der Waals surface area contributed by atoms with Crippen molar-refractivity contribution in [3.63, 3.8) is 0 Å². The van der Waals surface area contributed by atoms with Gasteiger partial charge in [0.05, 0.1) is 0 Å². The second-order valence-electron chi connectivity index (χ2n) is 5.86. The number of fused-ring (bicyclic) bond motifs is 1. The van der Waals surface area contributed by atoms with E-state index in [-0.39, 0.29) is 0 Å². The Morgan fingerprint density at radius 2 is 1.90 bits per heavy atom. The van der Waals surface area contributed by atoms with E-state index in [4.69, 9.17) is 9.47 Å². The van der Waals surface area contributed by atoms with Crippen molar-refractivity contribution in [2.24, 2.45) is 5.92 Å². The minimum atomic E-state index is 0.665. The molecule has 3 rings (SSSR count). The van der Waals surface area contributed by atoms with Gasteiger partial charge in [-0.05, 0) is 55.5 Å². The Bertz CT molecular complexity index is 447. The van der Waals surface area contributed by atoms with Crippen molar-refractivity contribution < 1.29 is 9.47 Å². The van der Waals surface area contributed by atoms with Gasteiger partial charge in [-0.25, -0.2) is 0 Å². The summed E-state index contributed by atoms with van der Waals surface area (Å²) in [5.74, 6) is 3.26. The first kappa shape index (κ1) is 13.7. The summed E-state index contributed by atoms with van der Waals surface area (Å²) in [6, 6.07) is 6.54. The summed E-state index contributed by atoms with van der Waals surface area (Å²) in [6.07, 6.45) is 5.36.